The van der Waals surface area contributed by atoms with Crippen molar-refractivity contribution in [1.82, 2.24) is 15.2 Å². The summed E-state index contributed by atoms with van der Waals surface area (Å²) in [6.45, 7) is 4.71. The van der Waals surface area contributed by atoms with Crippen molar-refractivity contribution in [3.63, 3.8) is 0 Å². The van der Waals surface area contributed by atoms with Crippen molar-refractivity contribution < 1.29 is 4.79 Å². The first-order chi connectivity index (χ1) is 12.2. The van der Waals surface area contributed by atoms with Crippen LogP contribution >= 0.6 is 0 Å². The minimum absolute atomic E-state index is 0.303. The molecular weight excluding hydrogens is 310 g/mol. The van der Waals surface area contributed by atoms with Gasteiger partial charge in [-0.3, -0.25) is 9.78 Å². The van der Waals surface area contributed by atoms with Gasteiger partial charge in [0.1, 0.15) is 0 Å². The standard InChI is InChI=1S/C21H27N3O/c1-17(18-7-3-2-4-8-18)16-24-20(10-11-21(24)25)12-14-22-15-19-9-5-6-13-23-19/h2-9,13,17,20,22H,10-12,14-16H2,1H3. The van der Waals surface area contributed by atoms with Crippen LogP contribution in [0.2, 0.25) is 0 Å². The van der Waals surface area contributed by atoms with E-state index in [2.05, 4.69) is 46.4 Å². The molecule has 0 radical (unpaired) electrons. The number of hydrogen-bond donors (Lipinski definition) is 1. The lowest BCUT2D eigenvalue weighted by molar-refractivity contribution is -0.129. The Morgan fingerprint density at radius 1 is 1.20 bits per heavy atom. The van der Waals surface area contributed by atoms with Crippen molar-refractivity contribution >= 4 is 5.91 Å². The van der Waals surface area contributed by atoms with Gasteiger partial charge in [-0.2, -0.15) is 0 Å². The number of pyridine rings is 1. The van der Waals surface area contributed by atoms with Gasteiger partial charge in [0.2, 0.25) is 5.91 Å². The average Bonchev–Trinajstić information content (AvgIpc) is 3.00. The SMILES string of the molecule is CC(CN1C(=O)CCC1CCNCc1ccccn1)c1ccccc1. The van der Waals surface area contributed by atoms with Crippen LogP contribution in [-0.2, 0) is 11.3 Å². The quantitative estimate of drug-likeness (QED) is 0.751. The molecule has 1 aliphatic rings. The molecule has 2 unspecified atom stereocenters. The van der Waals surface area contributed by atoms with E-state index in [0.717, 1.165) is 38.2 Å². The van der Waals surface area contributed by atoms with Crippen LogP contribution in [0, 0.1) is 0 Å². The van der Waals surface area contributed by atoms with Crippen LogP contribution in [0.4, 0.5) is 0 Å². The van der Waals surface area contributed by atoms with E-state index in [9.17, 15) is 4.79 Å². The Bertz CT molecular complexity index is 659. The van der Waals surface area contributed by atoms with Gasteiger partial charge >= 0.3 is 0 Å². The summed E-state index contributed by atoms with van der Waals surface area (Å²) in [7, 11) is 0. The molecule has 1 saturated heterocycles. The van der Waals surface area contributed by atoms with Crippen LogP contribution in [0.3, 0.4) is 0 Å². The Balaban J connectivity index is 1.48. The predicted molar refractivity (Wildman–Crippen MR) is 100 cm³/mol. The molecule has 4 nitrogen and oxygen atoms in total. The molecule has 1 aromatic carbocycles. The number of aromatic nitrogens is 1. The summed E-state index contributed by atoms with van der Waals surface area (Å²) in [6, 6.07) is 16.8. The van der Waals surface area contributed by atoms with Crippen LogP contribution in [0.25, 0.3) is 0 Å². The lowest BCUT2D eigenvalue weighted by atomic mass is 10.00. The van der Waals surface area contributed by atoms with E-state index in [1.54, 1.807) is 0 Å². The van der Waals surface area contributed by atoms with Gasteiger partial charge in [0, 0.05) is 31.7 Å². The third kappa shape index (κ3) is 4.89. The molecule has 1 fully saturated rings. The summed E-state index contributed by atoms with van der Waals surface area (Å²) in [5.41, 5.74) is 2.36. The van der Waals surface area contributed by atoms with Gasteiger partial charge in [0.15, 0.2) is 0 Å². The molecule has 1 N–H and O–H groups in total. The number of nitrogens with one attached hydrogen (secondary N) is 1. The number of amides is 1. The van der Waals surface area contributed by atoms with E-state index in [0.29, 0.717) is 24.3 Å². The maximum atomic E-state index is 12.3. The maximum Gasteiger partial charge on any atom is 0.222 e. The highest BCUT2D eigenvalue weighted by Crippen LogP contribution is 2.25. The van der Waals surface area contributed by atoms with Gasteiger partial charge in [0.25, 0.3) is 0 Å². The number of hydrogen-bond acceptors (Lipinski definition) is 3. The molecular formula is C21H27N3O. The van der Waals surface area contributed by atoms with Crippen LogP contribution in [-0.4, -0.2) is 34.9 Å². The zero-order chi connectivity index (χ0) is 17.5. The van der Waals surface area contributed by atoms with E-state index < -0.39 is 0 Å². The van der Waals surface area contributed by atoms with E-state index in [1.165, 1.54) is 5.56 Å². The molecule has 1 amide bonds. The molecule has 132 valence electrons. The zero-order valence-electron chi connectivity index (χ0n) is 14.9. The highest BCUT2D eigenvalue weighted by atomic mass is 16.2. The fourth-order valence-corrected chi connectivity index (χ4v) is 3.51. The minimum Gasteiger partial charge on any atom is -0.339 e. The molecule has 0 saturated carbocycles. The minimum atomic E-state index is 0.303. The predicted octanol–water partition coefficient (Wildman–Crippen LogP) is 3.36. The first-order valence-corrected chi connectivity index (χ1v) is 9.19. The zero-order valence-corrected chi connectivity index (χ0v) is 14.9. The van der Waals surface area contributed by atoms with Crippen LogP contribution in [0.5, 0.6) is 0 Å². The summed E-state index contributed by atoms with van der Waals surface area (Å²) in [5, 5.41) is 3.45. The lowest BCUT2D eigenvalue weighted by Gasteiger charge is -2.28. The molecule has 25 heavy (non-hydrogen) atoms. The van der Waals surface area contributed by atoms with Crippen molar-refractivity contribution in [3.8, 4) is 0 Å². The van der Waals surface area contributed by atoms with Gasteiger partial charge in [-0.25, -0.2) is 0 Å². The van der Waals surface area contributed by atoms with Gasteiger partial charge in [0.05, 0.1) is 5.69 Å². The van der Waals surface area contributed by atoms with E-state index in [1.807, 2.05) is 30.5 Å². The number of nitrogens with zero attached hydrogens (tertiary/aromatic N) is 2. The molecule has 2 heterocycles. The smallest absolute Gasteiger partial charge is 0.222 e. The first-order valence-electron chi connectivity index (χ1n) is 9.19. The number of benzene rings is 1. The normalized spacial score (nSPS) is 18.5. The Hall–Kier alpha value is -2.20. The second-order valence-corrected chi connectivity index (χ2v) is 6.84. The first kappa shape index (κ1) is 17.6. The monoisotopic (exact) mass is 337 g/mol. The van der Waals surface area contributed by atoms with Crippen molar-refractivity contribution in [3.05, 3.63) is 66.0 Å². The van der Waals surface area contributed by atoms with Gasteiger partial charge < -0.3 is 10.2 Å². The van der Waals surface area contributed by atoms with Gasteiger partial charge in [-0.15, -0.1) is 0 Å². The topological polar surface area (TPSA) is 45.2 Å². The van der Waals surface area contributed by atoms with Crippen molar-refractivity contribution in [2.75, 3.05) is 13.1 Å². The third-order valence-corrected chi connectivity index (χ3v) is 4.98. The Morgan fingerprint density at radius 3 is 2.76 bits per heavy atom. The van der Waals surface area contributed by atoms with Crippen molar-refractivity contribution in [2.24, 2.45) is 0 Å². The average molecular weight is 337 g/mol. The lowest BCUT2D eigenvalue weighted by Crippen LogP contribution is -2.37. The van der Waals surface area contributed by atoms with Crippen LogP contribution in [0.1, 0.15) is 43.4 Å². The molecule has 0 bridgehead atoms. The van der Waals surface area contributed by atoms with Crippen molar-refractivity contribution in [1.29, 1.82) is 0 Å². The van der Waals surface area contributed by atoms with Gasteiger partial charge in [-0.05, 0) is 43.0 Å². The molecule has 1 aromatic heterocycles. The molecule has 2 atom stereocenters. The second-order valence-electron chi connectivity index (χ2n) is 6.84. The van der Waals surface area contributed by atoms with Crippen molar-refractivity contribution in [2.45, 2.75) is 44.7 Å². The fraction of sp³-hybridized carbons (Fsp3) is 0.429. The van der Waals surface area contributed by atoms with E-state index in [-0.39, 0.29) is 0 Å². The Labute approximate surface area is 150 Å². The van der Waals surface area contributed by atoms with Crippen LogP contribution < -0.4 is 5.32 Å². The fourth-order valence-electron chi connectivity index (χ4n) is 3.51. The number of rotatable bonds is 8. The molecule has 2 aromatic rings. The van der Waals surface area contributed by atoms with E-state index >= 15 is 0 Å². The number of carbonyl (C=O) groups is 1. The Morgan fingerprint density at radius 2 is 2.00 bits per heavy atom. The highest BCUT2D eigenvalue weighted by molar-refractivity contribution is 5.78. The molecule has 1 aliphatic heterocycles. The van der Waals surface area contributed by atoms with Crippen LogP contribution in [0.15, 0.2) is 54.7 Å². The third-order valence-electron chi connectivity index (χ3n) is 4.98. The summed E-state index contributed by atoms with van der Waals surface area (Å²) in [4.78, 5) is 18.7. The van der Waals surface area contributed by atoms with Gasteiger partial charge in [-0.1, -0.05) is 43.3 Å². The highest BCUT2D eigenvalue weighted by Gasteiger charge is 2.31. The maximum absolute atomic E-state index is 12.3. The largest absolute Gasteiger partial charge is 0.339 e. The second kappa shape index (κ2) is 8.77. The summed E-state index contributed by atoms with van der Waals surface area (Å²) in [6.07, 6.45) is 4.48. The number of likely N-dealkylation sites (tertiary alicyclic amines) is 1. The number of carbonyl (C=O) groups excluding carboxylic acids is 1. The summed E-state index contributed by atoms with van der Waals surface area (Å²) >= 11 is 0. The summed E-state index contributed by atoms with van der Waals surface area (Å²) in [5.74, 6) is 0.671. The summed E-state index contributed by atoms with van der Waals surface area (Å²) < 4.78 is 0. The molecule has 4 heteroatoms. The molecule has 0 aliphatic carbocycles. The Kier molecular flexibility index (Phi) is 6.18. The van der Waals surface area contributed by atoms with E-state index in [4.69, 9.17) is 0 Å². The molecule has 0 spiro atoms. The molecule has 3 rings (SSSR count).